The zero-order chi connectivity index (χ0) is 27.9. The van der Waals surface area contributed by atoms with E-state index in [-0.39, 0.29) is 35.6 Å². The van der Waals surface area contributed by atoms with Gasteiger partial charge in [-0.1, -0.05) is 43.2 Å². The van der Waals surface area contributed by atoms with Crippen LogP contribution in [-0.2, 0) is 26.0 Å². The first-order valence-electron chi connectivity index (χ1n) is 12.4. The highest BCUT2D eigenvalue weighted by Gasteiger charge is 2.32. The van der Waals surface area contributed by atoms with E-state index in [2.05, 4.69) is 5.32 Å². The molecule has 0 saturated heterocycles. The smallest absolute Gasteiger partial charge is 0.271 e. The van der Waals surface area contributed by atoms with Crippen LogP contribution in [0.5, 0.6) is 5.75 Å². The van der Waals surface area contributed by atoms with Gasteiger partial charge >= 0.3 is 0 Å². The van der Waals surface area contributed by atoms with Crippen molar-refractivity contribution in [2.75, 3.05) is 30.8 Å². The average molecular weight is 547 g/mol. The number of non-ortho nitro benzene ring substituents is 1. The minimum absolute atomic E-state index is 0.0525. The molecule has 1 unspecified atom stereocenters. The largest absolute Gasteiger partial charge is 0.495 e. The van der Waals surface area contributed by atoms with Gasteiger partial charge in [-0.2, -0.15) is 0 Å². The van der Waals surface area contributed by atoms with E-state index in [1.807, 2.05) is 30.3 Å². The third-order valence-electron chi connectivity index (χ3n) is 6.67. The molecule has 38 heavy (non-hydrogen) atoms. The number of nitrogens with one attached hydrogen (secondary N) is 1. The normalized spacial score (nSPS) is 14.5. The van der Waals surface area contributed by atoms with Gasteiger partial charge in [-0.05, 0) is 37.8 Å². The lowest BCUT2D eigenvalue weighted by Crippen LogP contribution is -2.53. The molecule has 1 saturated carbocycles. The van der Waals surface area contributed by atoms with Crippen molar-refractivity contribution in [1.29, 1.82) is 0 Å². The standard InChI is InChI=1S/C26H34N4O7S/c1-19(26(32)27-21-11-7-8-12-21)28(16-15-20-9-5-4-6-10-20)25(31)18-29(38(3,35)36)23-17-22(30(33)34)13-14-24(23)37-2/h4-6,9-10,13-14,17,19,21H,7-8,11-12,15-16,18H2,1-3H3,(H,27,32). The van der Waals surface area contributed by atoms with Crippen molar-refractivity contribution in [3.8, 4) is 5.75 Å². The molecule has 1 aliphatic carbocycles. The summed E-state index contributed by atoms with van der Waals surface area (Å²) >= 11 is 0. The van der Waals surface area contributed by atoms with Crippen LogP contribution in [0.4, 0.5) is 11.4 Å². The van der Waals surface area contributed by atoms with Crippen molar-refractivity contribution in [2.24, 2.45) is 0 Å². The number of nitro benzene ring substituents is 1. The fraction of sp³-hybridized carbons (Fsp3) is 0.462. The molecule has 0 bridgehead atoms. The lowest BCUT2D eigenvalue weighted by Gasteiger charge is -2.32. The van der Waals surface area contributed by atoms with Crippen molar-refractivity contribution in [3.05, 3.63) is 64.2 Å². The molecule has 2 aromatic rings. The van der Waals surface area contributed by atoms with Crippen molar-refractivity contribution >= 4 is 33.2 Å². The number of hydrogen-bond acceptors (Lipinski definition) is 7. The molecule has 0 aliphatic heterocycles. The minimum Gasteiger partial charge on any atom is -0.495 e. The number of benzene rings is 2. The zero-order valence-corrected chi connectivity index (χ0v) is 22.6. The number of nitrogens with zero attached hydrogens (tertiary/aromatic N) is 3. The number of anilines is 1. The lowest BCUT2D eigenvalue weighted by atomic mass is 10.1. The van der Waals surface area contributed by atoms with Crippen LogP contribution in [0.2, 0.25) is 0 Å². The second kappa shape index (κ2) is 12.7. The van der Waals surface area contributed by atoms with Crippen LogP contribution in [0.1, 0.15) is 38.2 Å². The molecular weight excluding hydrogens is 512 g/mol. The first-order chi connectivity index (χ1) is 18.0. The molecule has 1 N–H and O–H groups in total. The predicted molar refractivity (Wildman–Crippen MR) is 144 cm³/mol. The second-order valence-corrected chi connectivity index (χ2v) is 11.3. The van der Waals surface area contributed by atoms with Gasteiger partial charge in [0.15, 0.2) is 0 Å². The van der Waals surface area contributed by atoms with Gasteiger partial charge in [0.1, 0.15) is 24.0 Å². The van der Waals surface area contributed by atoms with E-state index in [9.17, 15) is 28.1 Å². The Bertz CT molecular complexity index is 1250. The summed E-state index contributed by atoms with van der Waals surface area (Å²) in [5, 5.41) is 14.4. The highest BCUT2D eigenvalue weighted by molar-refractivity contribution is 7.92. The maximum Gasteiger partial charge on any atom is 0.271 e. The van der Waals surface area contributed by atoms with Crippen molar-refractivity contribution < 1.29 is 27.7 Å². The molecule has 206 valence electrons. The Morgan fingerprint density at radius 2 is 1.82 bits per heavy atom. The van der Waals surface area contributed by atoms with Gasteiger partial charge in [0.05, 0.1) is 18.3 Å². The number of ether oxygens (including phenoxy) is 1. The van der Waals surface area contributed by atoms with Crippen LogP contribution in [0.3, 0.4) is 0 Å². The summed E-state index contributed by atoms with van der Waals surface area (Å²) in [6, 6.07) is 12.1. The summed E-state index contributed by atoms with van der Waals surface area (Å²) in [7, 11) is -2.77. The Kier molecular flexibility index (Phi) is 9.67. The first kappa shape index (κ1) is 28.9. The summed E-state index contributed by atoms with van der Waals surface area (Å²) in [5.41, 5.74) is 0.463. The fourth-order valence-electron chi connectivity index (χ4n) is 4.54. The van der Waals surface area contributed by atoms with Gasteiger partial charge in [-0.3, -0.25) is 24.0 Å². The molecule has 1 atom stereocenters. The van der Waals surface area contributed by atoms with Crippen LogP contribution in [0, 0.1) is 10.1 Å². The van der Waals surface area contributed by atoms with Crippen molar-refractivity contribution in [2.45, 2.75) is 51.1 Å². The quantitative estimate of drug-likeness (QED) is 0.319. The van der Waals surface area contributed by atoms with E-state index in [1.54, 1.807) is 6.92 Å². The Balaban J connectivity index is 1.91. The van der Waals surface area contributed by atoms with E-state index in [0.717, 1.165) is 47.9 Å². The number of rotatable bonds is 12. The maximum absolute atomic E-state index is 13.7. The van der Waals surface area contributed by atoms with Crippen LogP contribution in [0.15, 0.2) is 48.5 Å². The van der Waals surface area contributed by atoms with Gasteiger partial charge in [0.2, 0.25) is 21.8 Å². The molecule has 12 heteroatoms. The molecule has 1 fully saturated rings. The summed E-state index contributed by atoms with van der Waals surface area (Å²) in [5.74, 6) is -0.872. The number of carbonyl (C=O) groups is 2. The summed E-state index contributed by atoms with van der Waals surface area (Å²) in [4.78, 5) is 38.8. The molecule has 2 amide bonds. The third kappa shape index (κ3) is 7.44. The van der Waals surface area contributed by atoms with Crippen LogP contribution in [0.25, 0.3) is 0 Å². The molecule has 0 spiro atoms. The van der Waals surface area contributed by atoms with Gasteiger partial charge in [-0.15, -0.1) is 0 Å². The number of amides is 2. The van der Waals surface area contributed by atoms with Gasteiger partial charge in [-0.25, -0.2) is 8.42 Å². The number of methoxy groups -OCH3 is 1. The SMILES string of the molecule is COc1ccc([N+](=O)[O-])cc1N(CC(=O)N(CCc1ccccc1)C(C)C(=O)NC1CCCC1)S(C)(=O)=O. The molecule has 0 heterocycles. The van der Waals surface area contributed by atoms with E-state index >= 15 is 0 Å². The highest BCUT2D eigenvalue weighted by Crippen LogP contribution is 2.33. The van der Waals surface area contributed by atoms with Crippen LogP contribution in [-0.4, -0.2) is 68.6 Å². The third-order valence-corrected chi connectivity index (χ3v) is 7.80. The van der Waals surface area contributed by atoms with Gasteiger partial charge in [0.25, 0.3) is 5.69 Å². The van der Waals surface area contributed by atoms with Gasteiger partial charge in [0, 0.05) is 24.7 Å². The Morgan fingerprint density at radius 3 is 2.39 bits per heavy atom. The second-order valence-electron chi connectivity index (χ2n) is 9.37. The fourth-order valence-corrected chi connectivity index (χ4v) is 5.39. The molecule has 11 nitrogen and oxygen atoms in total. The Labute approximate surface area is 223 Å². The molecular formula is C26H34N4O7S. The average Bonchev–Trinajstić information content (AvgIpc) is 3.39. The lowest BCUT2D eigenvalue weighted by molar-refractivity contribution is -0.384. The zero-order valence-electron chi connectivity index (χ0n) is 21.8. The highest BCUT2D eigenvalue weighted by atomic mass is 32.2. The summed E-state index contributed by atoms with van der Waals surface area (Å²) < 4.78 is 31.6. The molecule has 0 radical (unpaired) electrons. The first-order valence-corrected chi connectivity index (χ1v) is 14.3. The number of carbonyl (C=O) groups excluding carboxylic acids is 2. The van der Waals surface area contributed by atoms with E-state index in [1.165, 1.54) is 24.1 Å². The molecule has 0 aromatic heterocycles. The number of nitro groups is 1. The minimum atomic E-state index is -4.07. The van der Waals surface area contributed by atoms with Crippen LogP contribution < -0.4 is 14.4 Å². The Morgan fingerprint density at radius 1 is 1.16 bits per heavy atom. The van der Waals surface area contributed by atoms with E-state index in [4.69, 9.17) is 4.74 Å². The van der Waals surface area contributed by atoms with Crippen LogP contribution >= 0.6 is 0 Å². The summed E-state index contributed by atoms with van der Waals surface area (Å²) in [6.07, 6.45) is 5.18. The van der Waals surface area contributed by atoms with E-state index < -0.39 is 33.4 Å². The summed E-state index contributed by atoms with van der Waals surface area (Å²) in [6.45, 7) is 1.13. The predicted octanol–water partition coefficient (Wildman–Crippen LogP) is 2.89. The monoisotopic (exact) mass is 546 g/mol. The van der Waals surface area contributed by atoms with Crippen molar-refractivity contribution in [3.63, 3.8) is 0 Å². The van der Waals surface area contributed by atoms with Crippen molar-refractivity contribution in [1.82, 2.24) is 10.2 Å². The topological polar surface area (TPSA) is 139 Å². The molecule has 1 aliphatic rings. The molecule has 2 aromatic carbocycles. The van der Waals surface area contributed by atoms with E-state index in [0.29, 0.717) is 6.42 Å². The number of sulfonamides is 1. The number of hydrogen-bond donors (Lipinski definition) is 1. The van der Waals surface area contributed by atoms with Gasteiger partial charge < -0.3 is 15.0 Å². The Hall–Kier alpha value is -3.67. The maximum atomic E-state index is 13.7. The molecule has 3 rings (SSSR count).